The number of carboxylic acid groups (broad SMARTS) is 1. The number of aromatic nitrogens is 5. The van der Waals surface area contributed by atoms with Crippen LogP contribution in [0.4, 0.5) is 11.6 Å². The normalized spacial score (nSPS) is 14.5. The number of hydrogen-bond donors (Lipinski definition) is 2. The largest absolute Gasteiger partial charge is 0.477 e. The molecule has 4 heterocycles. The van der Waals surface area contributed by atoms with Gasteiger partial charge < -0.3 is 15.3 Å². The molecule has 1 amide bonds. The Morgan fingerprint density at radius 3 is 2.45 bits per heavy atom. The first kappa shape index (κ1) is 20.7. The molecule has 3 aromatic heterocycles. The molecular weight excluding hydrogens is 422 g/mol. The lowest BCUT2D eigenvalue weighted by atomic mass is 9.89. The molecule has 10 heteroatoms. The summed E-state index contributed by atoms with van der Waals surface area (Å²) in [5, 5.41) is 21.0. The SMILES string of the molecule is Cn1nccc1Nc1c(C(=O)N2CCC(c3ccccc3)CC2)cnc2c(C(=O)O)cnn12. The van der Waals surface area contributed by atoms with Crippen molar-refractivity contribution in [3.05, 3.63) is 71.7 Å². The van der Waals surface area contributed by atoms with E-state index in [-0.39, 0.29) is 17.1 Å². The van der Waals surface area contributed by atoms with Crippen LogP contribution in [0.1, 0.15) is 45.0 Å². The van der Waals surface area contributed by atoms with Gasteiger partial charge in [0.25, 0.3) is 5.91 Å². The van der Waals surface area contributed by atoms with Crippen LogP contribution in [0.2, 0.25) is 0 Å². The zero-order valence-corrected chi connectivity index (χ0v) is 18.0. The minimum absolute atomic E-state index is 0.0364. The number of rotatable bonds is 5. The van der Waals surface area contributed by atoms with E-state index in [1.54, 1.807) is 24.0 Å². The van der Waals surface area contributed by atoms with Crippen LogP contribution in [-0.2, 0) is 7.05 Å². The van der Waals surface area contributed by atoms with Crippen LogP contribution in [0, 0.1) is 0 Å². The van der Waals surface area contributed by atoms with Crippen LogP contribution >= 0.6 is 0 Å². The highest BCUT2D eigenvalue weighted by Gasteiger charge is 2.28. The Morgan fingerprint density at radius 2 is 1.79 bits per heavy atom. The summed E-state index contributed by atoms with van der Waals surface area (Å²) in [6.45, 7) is 1.25. The van der Waals surface area contributed by atoms with Gasteiger partial charge in [-0.2, -0.15) is 14.7 Å². The summed E-state index contributed by atoms with van der Waals surface area (Å²) in [5.41, 5.74) is 1.74. The molecule has 0 bridgehead atoms. The van der Waals surface area contributed by atoms with Crippen molar-refractivity contribution in [3.63, 3.8) is 0 Å². The molecule has 1 aliphatic rings. The zero-order valence-electron chi connectivity index (χ0n) is 18.0. The summed E-state index contributed by atoms with van der Waals surface area (Å²) in [7, 11) is 1.77. The summed E-state index contributed by atoms with van der Waals surface area (Å²) < 4.78 is 2.98. The molecule has 168 valence electrons. The van der Waals surface area contributed by atoms with Crippen molar-refractivity contribution in [3.8, 4) is 0 Å². The van der Waals surface area contributed by atoms with E-state index in [1.165, 1.54) is 22.5 Å². The fourth-order valence-corrected chi connectivity index (χ4v) is 4.29. The predicted octanol–water partition coefficient (Wildman–Crippen LogP) is 2.92. The number of amides is 1. The molecule has 0 saturated carbocycles. The van der Waals surface area contributed by atoms with Crippen molar-refractivity contribution < 1.29 is 14.7 Å². The fourth-order valence-electron chi connectivity index (χ4n) is 4.29. The van der Waals surface area contributed by atoms with Gasteiger partial charge in [-0.1, -0.05) is 30.3 Å². The number of likely N-dealkylation sites (tertiary alicyclic amines) is 1. The second-order valence-corrected chi connectivity index (χ2v) is 8.06. The smallest absolute Gasteiger partial charge is 0.341 e. The van der Waals surface area contributed by atoms with Crippen molar-refractivity contribution >= 4 is 29.2 Å². The van der Waals surface area contributed by atoms with E-state index < -0.39 is 5.97 Å². The molecule has 0 unspecified atom stereocenters. The van der Waals surface area contributed by atoms with Crippen LogP contribution in [0.3, 0.4) is 0 Å². The molecule has 4 aromatic rings. The highest BCUT2D eigenvalue weighted by molar-refractivity contribution is 6.01. The number of carboxylic acids is 1. The number of carbonyl (C=O) groups is 2. The van der Waals surface area contributed by atoms with Crippen molar-refractivity contribution in [2.45, 2.75) is 18.8 Å². The van der Waals surface area contributed by atoms with Gasteiger partial charge in [-0.05, 0) is 24.3 Å². The number of aryl methyl sites for hydroxylation is 1. The number of benzene rings is 1. The topological polar surface area (TPSA) is 118 Å². The number of anilines is 2. The van der Waals surface area contributed by atoms with E-state index >= 15 is 0 Å². The Morgan fingerprint density at radius 1 is 1.03 bits per heavy atom. The minimum atomic E-state index is -1.13. The van der Waals surface area contributed by atoms with E-state index in [4.69, 9.17) is 0 Å². The maximum Gasteiger partial charge on any atom is 0.341 e. The number of piperidine rings is 1. The molecule has 0 spiro atoms. The van der Waals surface area contributed by atoms with Crippen LogP contribution < -0.4 is 5.32 Å². The van der Waals surface area contributed by atoms with Crippen molar-refractivity contribution in [2.75, 3.05) is 18.4 Å². The fraction of sp³-hybridized carbons (Fsp3) is 0.261. The van der Waals surface area contributed by atoms with E-state index in [1.807, 2.05) is 23.1 Å². The molecule has 1 aromatic carbocycles. The average molecular weight is 445 g/mol. The van der Waals surface area contributed by atoms with Gasteiger partial charge >= 0.3 is 5.97 Å². The van der Waals surface area contributed by atoms with Crippen molar-refractivity contribution in [1.29, 1.82) is 0 Å². The van der Waals surface area contributed by atoms with Gasteiger partial charge in [0.05, 0.1) is 12.4 Å². The van der Waals surface area contributed by atoms with Crippen LogP contribution in [0.25, 0.3) is 5.65 Å². The lowest BCUT2D eigenvalue weighted by Crippen LogP contribution is -2.38. The van der Waals surface area contributed by atoms with Gasteiger partial charge in [-0.3, -0.25) is 9.48 Å². The summed E-state index contributed by atoms with van der Waals surface area (Å²) >= 11 is 0. The van der Waals surface area contributed by atoms with E-state index in [2.05, 4.69) is 32.6 Å². The van der Waals surface area contributed by atoms with Crippen LogP contribution in [0.15, 0.2) is 55.0 Å². The predicted molar refractivity (Wildman–Crippen MR) is 121 cm³/mol. The minimum Gasteiger partial charge on any atom is -0.477 e. The molecular formula is C23H23N7O3. The Balaban J connectivity index is 1.47. The Hall–Kier alpha value is -4.21. The van der Waals surface area contributed by atoms with Gasteiger partial charge in [-0.15, -0.1) is 0 Å². The Bertz CT molecular complexity index is 1320. The highest BCUT2D eigenvalue weighted by Crippen LogP contribution is 2.30. The number of carbonyl (C=O) groups excluding carboxylic acids is 1. The van der Waals surface area contributed by atoms with Gasteiger partial charge in [0, 0.05) is 32.4 Å². The first-order valence-electron chi connectivity index (χ1n) is 10.7. The second kappa shape index (κ2) is 8.38. The number of nitrogens with zero attached hydrogens (tertiary/aromatic N) is 6. The summed E-state index contributed by atoms with van der Waals surface area (Å²) in [6, 6.07) is 12.1. The standard InChI is InChI=1S/C23H23N7O3/c1-28-19(7-10-25-28)27-21-17(13-24-20-18(23(32)33)14-26-30(20)21)22(31)29-11-8-16(9-12-29)15-5-3-2-4-6-15/h2-7,10,13-14,16,27H,8-9,11-12H2,1H3,(H,32,33). The third-order valence-corrected chi connectivity index (χ3v) is 6.11. The molecule has 2 N–H and O–H groups in total. The number of nitrogens with one attached hydrogen (secondary N) is 1. The van der Waals surface area contributed by atoms with Crippen LogP contribution in [0.5, 0.6) is 0 Å². The third kappa shape index (κ3) is 3.79. The third-order valence-electron chi connectivity index (χ3n) is 6.11. The second-order valence-electron chi connectivity index (χ2n) is 8.06. The quantitative estimate of drug-likeness (QED) is 0.485. The lowest BCUT2D eigenvalue weighted by Gasteiger charge is -2.32. The molecule has 5 rings (SSSR count). The highest BCUT2D eigenvalue weighted by atomic mass is 16.4. The van der Waals surface area contributed by atoms with Gasteiger partial charge in [0.2, 0.25) is 0 Å². The first-order valence-corrected chi connectivity index (χ1v) is 10.7. The molecule has 0 atom stereocenters. The van der Waals surface area contributed by atoms with Crippen LogP contribution in [-0.4, -0.2) is 59.4 Å². The molecule has 0 aliphatic carbocycles. The van der Waals surface area contributed by atoms with Crippen molar-refractivity contribution in [2.24, 2.45) is 7.05 Å². The van der Waals surface area contributed by atoms with Gasteiger partial charge in [0.15, 0.2) is 5.65 Å². The molecule has 0 radical (unpaired) electrons. The molecule has 33 heavy (non-hydrogen) atoms. The maximum atomic E-state index is 13.5. The Labute approximate surface area is 189 Å². The molecule has 1 fully saturated rings. The zero-order chi connectivity index (χ0) is 22.9. The maximum absolute atomic E-state index is 13.5. The van der Waals surface area contributed by atoms with E-state index in [0.717, 1.165) is 12.8 Å². The van der Waals surface area contributed by atoms with Gasteiger partial charge in [-0.25, -0.2) is 9.78 Å². The monoisotopic (exact) mass is 445 g/mol. The summed E-state index contributed by atoms with van der Waals surface area (Å²) in [6.07, 6.45) is 6.04. The van der Waals surface area contributed by atoms with Gasteiger partial charge in [0.1, 0.15) is 22.8 Å². The van der Waals surface area contributed by atoms with E-state index in [0.29, 0.717) is 36.2 Å². The molecule has 10 nitrogen and oxygen atoms in total. The molecule has 1 aliphatic heterocycles. The first-order chi connectivity index (χ1) is 16.0. The summed E-state index contributed by atoms with van der Waals surface area (Å²) in [4.78, 5) is 31.2. The summed E-state index contributed by atoms with van der Waals surface area (Å²) in [5.74, 6) is 0.101. The van der Waals surface area contributed by atoms with E-state index in [9.17, 15) is 14.7 Å². The average Bonchev–Trinajstić information content (AvgIpc) is 3.46. The Kier molecular flexibility index (Phi) is 5.25. The number of hydrogen-bond acceptors (Lipinski definition) is 6. The number of fused-ring (bicyclic) bond motifs is 1. The number of aromatic carboxylic acids is 1. The van der Waals surface area contributed by atoms with Crippen molar-refractivity contribution in [1.82, 2.24) is 29.3 Å². The lowest BCUT2D eigenvalue weighted by molar-refractivity contribution is 0.0695. The molecule has 1 saturated heterocycles.